The minimum Gasteiger partial charge on any atom is -0.376 e. The van der Waals surface area contributed by atoms with E-state index in [1.165, 1.54) is 18.2 Å². The highest BCUT2D eigenvalue weighted by Crippen LogP contribution is 2.19. The Balaban J connectivity index is 1.66. The van der Waals surface area contributed by atoms with Gasteiger partial charge in [0.05, 0.1) is 11.1 Å². The highest BCUT2D eigenvalue weighted by atomic mass is 35.5. The lowest BCUT2D eigenvalue weighted by molar-refractivity contribution is -0.132. The second-order valence-corrected chi connectivity index (χ2v) is 7.30. The van der Waals surface area contributed by atoms with Gasteiger partial charge in [-0.1, -0.05) is 11.6 Å². The maximum atomic E-state index is 13.4. The van der Waals surface area contributed by atoms with Gasteiger partial charge in [0, 0.05) is 57.9 Å². The van der Waals surface area contributed by atoms with Crippen LogP contribution in [0.5, 0.6) is 0 Å². The minimum absolute atomic E-state index is 0.0286. The number of piperazine rings is 1. The van der Waals surface area contributed by atoms with E-state index in [9.17, 15) is 14.0 Å². The van der Waals surface area contributed by atoms with Gasteiger partial charge in [-0.2, -0.15) is 0 Å². The molecule has 2 fully saturated rings. The molecule has 1 aromatic carbocycles. The first kappa shape index (κ1) is 20.0. The summed E-state index contributed by atoms with van der Waals surface area (Å²) in [6, 6.07) is 3.94. The average Bonchev–Trinajstić information content (AvgIpc) is 3.20. The van der Waals surface area contributed by atoms with Crippen LogP contribution < -0.4 is 5.32 Å². The maximum absolute atomic E-state index is 13.4. The molecule has 27 heavy (non-hydrogen) atoms. The third kappa shape index (κ3) is 5.40. The first-order chi connectivity index (χ1) is 13.0. The molecular formula is C19H25ClFN3O3. The molecule has 0 spiro atoms. The van der Waals surface area contributed by atoms with Gasteiger partial charge in [-0.05, 0) is 31.0 Å². The van der Waals surface area contributed by atoms with Crippen molar-refractivity contribution in [2.45, 2.75) is 25.4 Å². The molecule has 0 radical (unpaired) electrons. The molecule has 0 aromatic heterocycles. The standard InChI is InChI=1S/C19H25ClFN3O3/c20-16-12-14(3-4-17(16)21)19(26)24(13-15-2-1-11-27-15)8-5-18(25)23-9-6-22-7-10-23/h3-4,12,15,22H,1-2,5-11,13H2. The van der Waals surface area contributed by atoms with Crippen LogP contribution >= 0.6 is 11.6 Å². The summed E-state index contributed by atoms with van der Waals surface area (Å²) in [4.78, 5) is 28.8. The Kier molecular flexibility index (Phi) is 7.04. The van der Waals surface area contributed by atoms with Gasteiger partial charge in [-0.3, -0.25) is 9.59 Å². The molecule has 2 aliphatic heterocycles. The van der Waals surface area contributed by atoms with Gasteiger partial charge in [0.25, 0.3) is 5.91 Å². The van der Waals surface area contributed by atoms with Crippen molar-refractivity contribution in [3.63, 3.8) is 0 Å². The molecule has 2 heterocycles. The van der Waals surface area contributed by atoms with Crippen LogP contribution in [0.2, 0.25) is 5.02 Å². The number of benzene rings is 1. The third-order valence-electron chi connectivity index (χ3n) is 4.97. The number of nitrogens with zero attached hydrogens (tertiary/aromatic N) is 2. The number of rotatable bonds is 6. The van der Waals surface area contributed by atoms with Crippen LogP contribution in [0.25, 0.3) is 0 Å². The molecule has 8 heteroatoms. The van der Waals surface area contributed by atoms with Crippen molar-refractivity contribution in [1.29, 1.82) is 0 Å². The van der Waals surface area contributed by atoms with Crippen LogP contribution in [0.15, 0.2) is 18.2 Å². The van der Waals surface area contributed by atoms with Crippen LogP contribution in [0.3, 0.4) is 0 Å². The molecule has 2 saturated heterocycles. The molecule has 0 saturated carbocycles. The molecule has 1 N–H and O–H groups in total. The summed E-state index contributed by atoms with van der Waals surface area (Å²) < 4.78 is 19.1. The molecule has 3 rings (SSSR count). The summed E-state index contributed by atoms with van der Waals surface area (Å²) in [5, 5.41) is 3.13. The number of amides is 2. The Morgan fingerprint density at radius 2 is 2.11 bits per heavy atom. The second-order valence-electron chi connectivity index (χ2n) is 6.90. The fraction of sp³-hybridized carbons (Fsp3) is 0.579. The van der Waals surface area contributed by atoms with E-state index in [0.717, 1.165) is 25.9 Å². The normalized spacial score (nSPS) is 19.9. The summed E-state index contributed by atoms with van der Waals surface area (Å²) in [6.07, 6.45) is 2.08. The molecule has 6 nitrogen and oxygen atoms in total. The SMILES string of the molecule is O=C(CCN(CC1CCCO1)C(=O)c1ccc(F)c(Cl)c1)N1CCNCC1. The Morgan fingerprint density at radius 1 is 1.33 bits per heavy atom. The van der Waals surface area contributed by atoms with E-state index in [1.54, 1.807) is 4.90 Å². The van der Waals surface area contributed by atoms with E-state index >= 15 is 0 Å². The fourth-order valence-corrected chi connectivity index (χ4v) is 3.61. The fourth-order valence-electron chi connectivity index (χ4n) is 3.42. The Labute approximate surface area is 163 Å². The molecule has 2 amide bonds. The summed E-state index contributed by atoms with van der Waals surface area (Å²) in [5.41, 5.74) is 0.314. The summed E-state index contributed by atoms with van der Waals surface area (Å²) in [6.45, 7) is 4.36. The van der Waals surface area contributed by atoms with Gasteiger partial charge in [-0.25, -0.2) is 4.39 Å². The number of nitrogens with one attached hydrogen (secondary N) is 1. The number of carbonyl (C=O) groups excluding carboxylic acids is 2. The van der Waals surface area contributed by atoms with Gasteiger partial charge < -0.3 is 19.9 Å². The van der Waals surface area contributed by atoms with Gasteiger partial charge in [0.2, 0.25) is 5.91 Å². The molecule has 0 aliphatic carbocycles. The van der Waals surface area contributed by atoms with Crippen LogP contribution in [0, 0.1) is 5.82 Å². The number of hydrogen-bond acceptors (Lipinski definition) is 4. The maximum Gasteiger partial charge on any atom is 0.254 e. The number of carbonyl (C=O) groups is 2. The summed E-state index contributed by atoms with van der Waals surface area (Å²) in [5.74, 6) is -0.785. The molecule has 1 atom stereocenters. The Bertz CT molecular complexity index is 676. The number of halogens is 2. The first-order valence-electron chi connectivity index (χ1n) is 9.39. The van der Waals surface area contributed by atoms with Crippen molar-refractivity contribution >= 4 is 23.4 Å². The van der Waals surface area contributed by atoms with Crippen LogP contribution in [-0.4, -0.2) is 73.6 Å². The van der Waals surface area contributed by atoms with E-state index in [1.807, 2.05) is 4.90 Å². The monoisotopic (exact) mass is 397 g/mol. The minimum atomic E-state index is -0.562. The van der Waals surface area contributed by atoms with Crippen LogP contribution in [-0.2, 0) is 9.53 Å². The smallest absolute Gasteiger partial charge is 0.254 e. The van der Waals surface area contributed by atoms with Gasteiger partial charge >= 0.3 is 0 Å². The number of hydrogen-bond donors (Lipinski definition) is 1. The van der Waals surface area contributed by atoms with Crippen molar-refractivity contribution in [2.75, 3.05) is 45.9 Å². The lowest BCUT2D eigenvalue weighted by atomic mass is 10.1. The zero-order valence-corrected chi connectivity index (χ0v) is 16.0. The van der Waals surface area contributed by atoms with E-state index in [2.05, 4.69) is 5.32 Å². The van der Waals surface area contributed by atoms with Gasteiger partial charge in [-0.15, -0.1) is 0 Å². The van der Waals surface area contributed by atoms with Crippen molar-refractivity contribution in [1.82, 2.24) is 15.1 Å². The number of ether oxygens (including phenoxy) is 1. The molecule has 0 bridgehead atoms. The molecular weight excluding hydrogens is 373 g/mol. The van der Waals surface area contributed by atoms with Crippen molar-refractivity contribution in [3.05, 3.63) is 34.6 Å². The third-order valence-corrected chi connectivity index (χ3v) is 5.26. The Morgan fingerprint density at radius 3 is 2.78 bits per heavy atom. The molecule has 1 unspecified atom stereocenters. The highest BCUT2D eigenvalue weighted by molar-refractivity contribution is 6.31. The summed E-state index contributed by atoms with van der Waals surface area (Å²) >= 11 is 5.82. The molecule has 148 valence electrons. The Hall–Kier alpha value is -1.70. The van der Waals surface area contributed by atoms with E-state index in [0.29, 0.717) is 38.3 Å². The van der Waals surface area contributed by atoms with E-state index < -0.39 is 5.82 Å². The highest BCUT2D eigenvalue weighted by Gasteiger charge is 2.25. The van der Waals surface area contributed by atoms with Crippen molar-refractivity contribution in [2.24, 2.45) is 0 Å². The molecule has 2 aliphatic rings. The van der Waals surface area contributed by atoms with E-state index in [4.69, 9.17) is 16.3 Å². The lowest BCUT2D eigenvalue weighted by Crippen LogP contribution is -2.47. The zero-order chi connectivity index (χ0) is 19.2. The predicted octanol–water partition coefficient (Wildman–Crippen LogP) is 1.92. The van der Waals surface area contributed by atoms with Crippen LogP contribution in [0.1, 0.15) is 29.6 Å². The van der Waals surface area contributed by atoms with E-state index in [-0.39, 0.29) is 29.4 Å². The largest absolute Gasteiger partial charge is 0.376 e. The van der Waals surface area contributed by atoms with Crippen LogP contribution in [0.4, 0.5) is 4.39 Å². The quantitative estimate of drug-likeness (QED) is 0.796. The first-order valence-corrected chi connectivity index (χ1v) is 9.77. The lowest BCUT2D eigenvalue weighted by Gasteiger charge is -2.30. The molecule has 1 aromatic rings. The second kappa shape index (κ2) is 9.48. The average molecular weight is 398 g/mol. The van der Waals surface area contributed by atoms with Crippen molar-refractivity contribution < 1.29 is 18.7 Å². The van der Waals surface area contributed by atoms with Gasteiger partial charge in [0.1, 0.15) is 5.82 Å². The van der Waals surface area contributed by atoms with Gasteiger partial charge in [0.15, 0.2) is 0 Å². The zero-order valence-electron chi connectivity index (χ0n) is 15.3. The topological polar surface area (TPSA) is 61.9 Å². The summed E-state index contributed by atoms with van der Waals surface area (Å²) in [7, 11) is 0. The predicted molar refractivity (Wildman–Crippen MR) is 100 cm³/mol. The van der Waals surface area contributed by atoms with Crippen molar-refractivity contribution in [3.8, 4) is 0 Å².